The molecule has 0 spiro atoms. The molecule has 0 unspecified atom stereocenters. The van der Waals surface area contributed by atoms with E-state index in [0.29, 0.717) is 0 Å². The van der Waals surface area contributed by atoms with Gasteiger partial charge in [0, 0.05) is 0 Å². The molecule has 10 heteroatoms. The normalized spacial score (nSPS) is 15.0. The van der Waals surface area contributed by atoms with Gasteiger partial charge < -0.3 is 4.74 Å². The second-order valence-corrected chi connectivity index (χ2v) is 3.93. The Labute approximate surface area is 95.0 Å². The lowest BCUT2D eigenvalue weighted by Crippen LogP contribution is -2.54. The SMILES string of the molecule is FC(F)(Cl)C(F)(OC(Cl)Cl)C(F)(F)Cl. The standard InChI is InChI=1S/C4HCl4F5O/c5-1(6)14-2(9,3(7,10)11)4(8,12)13/h1H. The zero-order valence-electron chi connectivity index (χ0n) is 5.89. The third-order valence-electron chi connectivity index (χ3n) is 0.981. The second-order valence-electron chi connectivity index (χ2n) is 1.97. The molecule has 86 valence electrons. The molecule has 0 aliphatic carbocycles. The first-order valence-electron chi connectivity index (χ1n) is 2.70. The van der Waals surface area contributed by atoms with Crippen molar-refractivity contribution in [3.63, 3.8) is 0 Å². The lowest BCUT2D eigenvalue weighted by Gasteiger charge is -2.32. The third kappa shape index (κ3) is 3.13. The van der Waals surface area contributed by atoms with Crippen LogP contribution in [0.4, 0.5) is 22.0 Å². The number of hydrogen-bond acceptors (Lipinski definition) is 1. The number of ether oxygens (including phenoxy) is 1. The zero-order valence-corrected chi connectivity index (χ0v) is 8.91. The van der Waals surface area contributed by atoms with Crippen LogP contribution in [-0.4, -0.2) is 21.6 Å². The van der Waals surface area contributed by atoms with Crippen molar-refractivity contribution in [3.05, 3.63) is 0 Å². The van der Waals surface area contributed by atoms with Crippen LogP contribution in [0.5, 0.6) is 0 Å². The van der Waals surface area contributed by atoms with Crippen LogP contribution in [-0.2, 0) is 4.74 Å². The summed E-state index contributed by atoms with van der Waals surface area (Å²) < 4.78 is 65.0. The monoisotopic (exact) mass is 300 g/mol. The van der Waals surface area contributed by atoms with E-state index < -0.39 is 21.6 Å². The highest BCUT2D eigenvalue weighted by Gasteiger charge is 2.71. The first-order chi connectivity index (χ1) is 5.92. The van der Waals surface area contributed by atoms with E-state index in [1.54, 1.807) is 0 Å². The molecule has 0 N–H and O–H groups in total. The van der Waals surface area contributed by atoms with Gasteiger partial charge in [-0.2, -0.15) is 22.0 Å². The highest BCUT2D eigenvalue weighted by molar-refractivity contribution is 6.43. The quantitative estimate of drug-likeness (QED) is 0.561. The van der Waals surface area contributed by atoms with Crippen LogP contribution < -0.4 is 0 Å². The fourth-order valence-corrected chi connectivity index (χ4v) is 1.04. The third-order valence-corrected chi connectivity index (χ3v) is 1.65. The molecule has 14 heavy (non-hydrogen) atoms. The minimum absolute atomic E-state index is 2.28. The van der Waals surface area contributed by atoms with Gasteiger partial charge in [-0.3, -0.25) is 0 Å². The van der Waals surface area contributed by atoms with Crippen LogP contribution in [0.3, 0.4) is 0 Å². The summed E-state index contributed by atoms with van der Waals surface area (Å²) in [6.45, 7) is 0. The first kappa shape index (κ1) is 14.8. The minimum Gasteiger partial charge on any atom is -0.300 e. The largest absolute Gasteiger partial charge is 0.387 e. The summed E-state index contributed by atoms with van der Waals surface area (Å²) in [7, 11) is 0. The maximum atomic E-state index is 12.9. The summed E-state index contributed by atoms with van der Waals surface area (Å²) in [6.07, 6.45) is 0. The Morgan fingerprint density at radius 2 is 1.14 bits per heavy atom. The summed E-state index contributed by atoms with van der Waals surface area (Å²) in [5.74, 6) is -5.00. The molecular formula is C4HCl4F5O. The van der Waals surface area contributed by atoms with Crippen LogP contribution in [0.2, 0.25) is 0 Å². The van der Waals surface area contributed by atoms with Gasteiger partial charge in [-0.25, -0.2) is 0 Å². The van der Waals surface area contributed by atoms with Crippen molar-refractivity contribution >= 4 is 46.4 Å². The van der Waals surface area contributed by atoms with Gasteiger partial charge in [0.25, 0.3) is 0 Å². The van der Waals surface area contributed by atoms with Gasteiger partial charge in [0.15, 0.2) is 0 Å². The maximum absolute atomic E-state index is 12.9. The van der Waals surface area contributed by atoms with Crippen LogP contribution >= 0.6 is 46.4 Å². The maximum Gasteiger partial charge on any atom is 0.387 e. The van der Waals surface area contributed by atoms with E-state index in [2.05, 4.69) is 27.9 Å². The number of rotatable bonds is 4. The molecule has 0 aliphatic heterocycles. The van der Waals surface area contributed by atoms with Crippen molar-refractivity contribution in [1.29, 1.82) is 0 Å². The molecule has 0 radical (unpaired) electrons. The van der Waals surface area contributed by atoms with Gasteiger partial charge in [-0.05, 0) is 23.2 Å². The van der Waals surface area contributed by atoms with E-state index in [0.717, 1.165) is 0 Å². The Kier molecular flexibility index (Phi) is 4.57. The van der Waals surface area contributed by atoms with Crippen molar-refractivity contribution in [1.82, 2.24) is 0 Å². The average molecular weight is 302 g/mol. The molecule has 0 amide bonds. The number of halogens is 9. The molecule has 0 aromatic carbocycles. The second kappa shape index (κ2) is 4.33. The first-order valence-corrected chi connectivity index (χ1v) is 4.33. The predicted octanol–water partition coefficient (Wildman–Crippen LogP) is 4.09. The Morgan fingerprint density at radius 1 is 0.857 bits per heavy atom. The van der Waals surface area contributed by atoms with Crippen molar-refractivity contribution in [2.24, 2.45) is 0 Å². The molecule has 0 heterocycles. The Hall–Kier alpha value is 0.770. The summed E-state index contributed by atoms with van der Waals surface area (Å²) in [5, 5.41) is -12.5. The molecule has 0 atom stereocenters. The van der Waals surface area contributed by atoms with Gasteiger partial charge in [0.05, 0.1) is 0 Å². The molecule has 0 aromatic heterocycles. The van der Waals surface area contributed by atoms with E-state index in [1.165, 1.54) is 0 Å². The molecule has 0 aliphatic rings. The molecule has 0 fully saturated rings. The molecule has 0 aromatic rings. The van der Waals surface area contributed by atoms with Crippen LogP contribution in [0.15, 0.2) is 0 Å². The summed E-state index contributed by atoms with van der Waals surface area (Å²) >= 11 is 17.5. The van der Waals surface area contributed by atoms with Crippen molar-refractivity contribution in [2.75, 3.05) is 0 Å². The van der Waals surface area contributed by atoms with Crippen molar-refractivity contribution in [3.8, 4) is 0 Å². The average Bonchev–Trinajstić information content (AvgIpc) is 1.79. The Bertz CT molecular complexity index is 185. The van der Waals surface area contributed by atoms with E-state index in [4.69, 9.17) is 23.2 Å². The Morgan fingerprint density at radius 3 is 1.21 bits per heavy atom. The Balaban J connectivity index is 5.07. The van der Waals surface area contributed by atoms with Gasteiger partial charge >= 0.3 is 16.6 Å². The van der Waals surface area contributed by atoms with Crippen molar-refractivity contribution in [2.45, 2.75) is 21.6 Å². The van der Waals surface area contributed by atoms with E-state index in [-0.39, 0.29) is 0 Å². The molecular weight excluding hydrogens is 301 g/mol. The van der Waals surface area contributed by atoms with Gasteiger partial charge in [0.2, 0.25) is 5.02 Å². The highest BCUT2D eigenvalue weighted by atomic mass is 35.5. The molecule has 1 nitrogen and oxygen atoms in total. The lowest BCUT2D eigenvalue weighted by molar-refractivity contribution is -0.309. The fraction of sp³-hybridized carbons (Fsp3) is 1.00. The van der Waals surface area contributed by atoms with Crippen LogP contribution in [0, 0.1) is 0 Å². The van der Waals surface area contributed by atoms with Gasteiger partial charge in [0.1, 0.15) is 0 Å². The minimum atomic E-state index is -5.10. The van der Waals surface area contributed by atoms with Crippen LogP contribution in [0.25, 0.3) is 0 Å². The van der Waals surface area contributed by atoms with Gasteiger partial charge in [-0.15, -0.1) is 0 Å². The molecule has 0 rings (SSSR count). The predicted molar refractivity (Wildman–Crippen MR) is 42.0 cm³/mol. The topological polar surface area (TPSA) is 9.23 Å². The summed E-state index contributed by atoms with van der Waals surface area (Å²) in [4.78, 5) is 0. The van der Waals surface area contributed by atoms with Gasteiger partial charge in [-0.1, -0.05) is 23.2 Å². The van der Waals surface area contributed by atoms with E-state index >= 15 is 0 Å². The molecule has 0 saturated heterocycles. The molecule has 0 bridgehead atoms. The van der Waals surface area contributed by atoms with Crippen molar-refractivity contribution < 1.29 is 26.7 Å². The lowest BCUT2D eigenvalue weighted by atomic mass is 10.3. The fourth-order valence-electron chi connectivity index (χ4n) is 0.417. The van der Waals surface area contributed by atoms with E-state index in [9.17, 15) is 22.0 Å². The number of hydrogen-bond donors (Lipinski definition) is 0. The molecule has 0 saturated carbocycles. The summed E-state index contributed by atoms with van der Waals surface area (Å²) in [5.41, 5.74) is 0. The highest BCUT2D eigenvalue weighted by Crippen LogP contribution is 2.50. The summed E-state index contributed by atoms with van der Waals surface area (Å²) in [6, 6.07) is 0. The van der Waals surface area contributed by atoms with Crippen LogP contribution in [0.1, 0.15) is 0 Å². The van der Waals surface area contributed by atoms with E-state index in [1.807, 2.05) is 0 Å². The smallest absolute Gasteiger partial charge is 0.300 e. The zero-order chi connectivity index (χ0) is 11.8. The number of alkyl halides is 9.